The monoisotopic (exact) mass is 353 g/mol. The SMILES string of the molecule is COc1cc(C(=O)NCc2ccc(-n3ccnc3C)c(F)c2)ccc1C. The maximum absolute atomic E-state index is 14.4. The summed E-state index contributed by atoms with van der Waals surface area (Å²) in [5.74, 6) is 0.759. The molecule has 3 aromatic rings. The molecule has 1 heterocycles. The van der Waals surface area contributed by atoms with E-state index >= 15 is 0 Å². The lowest BCUT2D eigenvalue weighted by molar-refractivity contribution is 0.0950. The Morgan fingerprint density at radius 3 is 2.69 bits per heavy atom. The molecular weight excluding hydrogens is 333 g/mol. The summed E-state index contributed by atoms with van der Waals surface area (Å²) in [6.45, 7) is 3.95. The van der Waals surface area contributed by atoms with Crippen molar-refractivity contribution in [3.05, 3.63) is 77.1 Å². The van der Waals surface area contributed by atoms with Crippen LogP contribution in [0.15, 0.2) is 48.8 Å². The lowest BCUT2D eigenvalue weighted by Crippen LogP contribution is -2.23. The Balaban J connectivity index is 1.71. The molecule has 0 atom stereocenters. The summed E-state index contributed by atoms with van der Waals surface area (Å²) in [5.41, 5.74) is 2.56. The molecule has 26 heavy (non-hydrogen) atoms. The zero-order valence-electron chi connectivity index (χ0n) is 14.9. The van der Waals surface area contributed by atoms with Crippen molar-refractivity contribution in [3.63, 3.8) is 0 Å². The highest BCUT2D eigenvalue weighted by molar-refractivity contribution is 5.94. The van der Waals surface area contributed by atoms with E-state index in [9.17, 15) is 9.18 Å². The van der Waals surface area contributed by atoms with Crippen LogP contribution in [0.4, 0.5) is 4.39 Å². The van der Waals surface area contributed by atoms with Gasteiger partial charge in [0, 0.05) is 24.5 Å². The minimum Gasteiger partial charge on any atom is -0.496 e. The van der Waals surface area contributed by atoms with E-state index in [1.54, 1.807) is 48.3 Å². The molecule has 1 aromatic heterocycles. The normalized spacial score (nSPS) is 10.6. The number of nitrogens with one attached hydrogen (secondary N) is 1. The van der Waals surface area contributed by atoms with Crippen LogP contribution in [0.2, 0.25) is 0 Å². The Hall–Kier alpha value is -3.15. The van der Waals surface area contributed by atoms with Crippen LogP contribution in [0.1, 0.15) is 27.3 Å². The van der Waals surface area contributed by atoms with Crippen LogP contribution in [0, 0.1) is 19.7 Å². The topological polar surface area (TPSA) is 56.1 Å². The molecule has 0 unspecified atom stereocenters. The molecule has 6 heteroatoms. The molecule has 2 aromatic carbocycles. The van der Waals surface area contributed by atoms with Crippen LogP contribution in [-0.2, 0) is 6.54 Å². The van der Waals surface area contributed by atoms with Gasteiger partial charge in [0.2, 0.25) is 0 Å². The number of benzene rings is 2. The average Bonchev–Trinajstić information content (AvgIpc) is 3.06. The Bertz CT molecular complexity index is 950. The highest BCUT2D eigenvalue weighted by Gasteiger charge is 2.11. The van der Waals surface area contributed by atoms with Crippen molar-refractivity contribution in [2.45, 2.75) is 20.4 Å². The van der Waals surface area contributed by atoms with Crippen LogP contribution < -0.4 is 10.1 Å². The highest BCUT2D eigenvalue weighted by Crippen LogP contribution is 2.19. The van der Waals surface area contributed by atoms with E-state index in [0.717, 1.165) is 5.56 Å². The first kappa shape index (κ1) is 17.7. The molecule has 1 amide bonds. The minimum atomic E-state index is -0.366. The Morgan fingerprint density at radius 1 is 1.23 bits per heavy atom. The van der Waals surface area contributed by atoms with Crippen molar-refractivity contribution >= 4 is 5.91 Å². The molecule has 1 N–H and O–H groups in total. The number of aromatic nitrogens is 2. The van der Waals surface area contributed by atoms with Crippen molar-refractivity contribution in [1.29, 1.82) is 0 Å². The summed E-state index contributed by atoms with van der Waals surface area (Å²) >= 11 is 0. The van der Waals surface area contributed by atoms with Crippen LogP contribution in [0.5, 0.6) is 5.75 Å². The second kappa shape index (κ2) is 7.39. The van der Waals surface area contributed by atoms with E-state index in [4.69, 9.17) is 4.74 Å². The van der Waals surface area contributed by atoms with Gasteiger partial charge in [0.15, 0.2) is 0 Å². The van der Waals surface area contributed by atoms with Gasteiger partial charge in [-0.25, -0.2) is 9.37 Å². The Kier molecular flexibility index (Phi) is 5.02. The molecule has 0 fully saturated rings. The molecule has 0 aliphatic heterocycles. The molecule has 0 saturated carbocycles. The fraction of sp³-hybridized carbons (Fsp3) is 0.200. The third kappa shape index (κ3) is 3.59. The number of rotatable bonds is 5. The first-order chi connectivity index (χ1) is 12.5. The van der Waals surface area contributed by atoms with Crippen LogP contribution in [0.25, 0.3) is 5.69 Å². The molecule has 134 valence electrons. The van der Waals surface area contributed by atoms with Crippen molar-refractivity contribution < 1.29 is 13.9 Å². The van der Waals surface area contributed by atoms with Crippen molar-refractivity contribution in [3.8, 4) is 11.4 Å². The van der Waals surface area contributed by atoms with Gasteiger partial charge in [-0.2, -0.15) is 0 Å². The van der Waals surface area contributed by atoms with Crippen LogP contribution >= 0.6 is 0 Å². The molecule has 0 bridgehead atoms. The van der Waals surface area contributed by atoms with Gasteiger partial charge >= 0.3 is 0 Å². The maximum atomic E-state index is 14.4. The van der Waals surface area contributed by atoms with Crippen molar-refractivity contribution in [2.75, 3.05) is 7.11 Å². The van der Waals surface area contributed by atoms with Gasteiger partial charge in [0.1, 0.15) is 17.4 Å². The van der Waals surface area contributed by atoms with Gasteiger partial charge in [-0.05, 0) is 49.2 Å². The second-order valence-electron chi connectivity index (χ2n) is 6.00. The Labute approximate surface area is 151 Å². The van der Waals surface area contributed by atoms with E-state index < -0.39 is 0 Å². The number of hydrogen-bond donors (Lipinski definition) is 1. The number of amides is 1. The number of carbonyl (C=O) groups is 1. The number of halogens is 1. The van der Waals surface area contributed by atoms with Crippen LogP contribution in [0.3, 0.4) is 0 Å². The number of nitrogens with zero attached hydrogens (tertiary/aromatic N) is 2. The van der Waals surface area contributed by atoms with Gasteiger partial charge in [-0.1, -0.05) is 12.1 Å². The predicted octanol–water partition coefficient (Wildman–Crippen LogP) is 3.57. The lowest BCUT2D eigenvalue weighted by Gasteiger charge is -2.11. The first-order valence-electron chi connectivity index (χ1n) is 8.21. The Morgan fingerprint density at radius 2 is 2.04 bits per heavy atom. The summed E-state index contributed by atoms with van der Waals surface area (Å²) < 4.78 is 21.3. The van der Waals surface area contributed by atoms with E-state index in [-0.39, 0.29) is 18.3 Å². The molecule has 3 rings (SSSR count). The third-order valence-electron chi connectivity index (χ3n) is 4.22. The predicted molar refractivity (Wildman–Crippen MR) is 97.2 cm³/mol. The summed E-state index contributed by atoms with van der Waals surface area (Å²) in [5, 5.41) is 2.80. The molecule has 0 spiro atoms. The number of carbonyl (C=O) groups excluding carboxylic acids is 1. The summed E-state index contributed by atoms with van der Waals surface area (Å²) in [6, 6.07) is 10.1. The number of hydrogen-bond acceptors (Lipinski definition) is 3. The maximum Gasteiger partial charge on any atom is 0.251 e. The summed E-state index contributed by atoms with van der Waals surface area (Å²) in [6.07, 6.45) is 3.33. The number of ether oxygens (including phenoxy) is 1. The minimum absolute atomic E-state index is 0.231. The third-order valence-corrected chi connectivity index (χ3v) is 4.22. The molecule has 0 aliphatic carbocycles. The van der Waals surface area contributed by atoms with E-state index in [1.807, 2.05) is 19.9 Å². The largest absolute Gasteiger partial charge is 0.496 e. The van der Waals surface area contributed by atoms with E-state index in [0.29, 0.717) is 28.4 Å². The summed E-state index contributed by atoms with van der Waals surface area (Å²) in [7, 11) is 1.57. The number of aryl methyl sites for hydroxylation is 2. The quantitative estimate of drug-likeness (QED) is 0.763. The fourth-order valence-electron chi connectivity index (χ4n) is 2.73. The van der Waals surface area contributed by atoms with E-state index in [2.05, 4.69) is 10.3 Å². The number of imidazole rings is 1. The zero-order valence-corrected chi connectivity index (χ0v) is 14.9. The summed E-state index contributed by atoms with van der Waals surface area (Å²) in [4.78, 5) is 16.4. The van der Waals surface area contributed by atoms with Gasteiger partial charge in [0.05, 0.1) is 12.8 Å². The zero-order chi connectivity index (χ0) is 18.7. The lowest BCUT2D eigenvalue weighted by atomic mass is 10.1. The van der Waals surface area contributed by atoms with Crippen LogP contribution in [-0.4, -0.2) is 22.6 Å². The second-order valence-corrected chi connectivity index (χ2v) is 6.00. The molecule has 0 saturated heterocycles. The smallest absolute Gasteiger partial charge is 0.251 e. The van der Waals surface area contributed by atoms with Gasteiger partial charge < -0.3 is 14.6 Å². The molecular formula is C20H20FN3O2. The molecule has 0 aliphatic rings. The first-order valence-corrected chi connectivity index (χ1v) is 8.21. The highest BCUT2D eigenvalue weighted by atomic mass is 19.1. The van der Waals surface area contributed by atoms with Gasteiger partial charge in [-0.3, -0.25) is 4.79 Å². The molecule has 0 radical (unpaired) electrons. The number of methoxy groups -OCH3 is 1. The standard InChI is InChI=1S/C20H20FN3O2/c1-13-4-6-16(11-19(13)26-3)20(25)23-12-15-5-7-18(17(21)10-15)24-9-8-22-14(24)2/h4-11H,12H2,1-3H3,(H,23,25). The van der Waals surface area contributed by atoms with Gasteiger partial charge in [-0.15, -0.1) is 0 Å². The van der Waals surface area contributed by atoms with Crippen molar-refractivity contribution in [2.24, 2.45) is 0 Å². The van der Waals surface area contributed by atoms with Crippen molar-refractivity contribution in [1.82, 2.24) is 14.9 Å². The average molecular weight is 353 g/mol. The van der Waals surface area contributed by atoms with Gasteiger partial charge in [0.25, 0.3) is 5.91 Å². The molecule has 5 nitrogen and oxygen atoms in total. The van der Waals surface area contributed by atoms with E-state index in [1.165, 1.54) is 6.07 Å². The fourth-order valence-corrected chi connectivity index (χ4v) is 2.73.